The molecule has 2 atom stereocenters. The van der Waals surface area contributed by atoms with E-state index in [2.05, 4.69) is 4.74 Å². The van der Waals surface area contributed by atoms with Crippen LogP contribution >= 0.6 is 0 Å². The van der Waals surface area contributed by atoms with Crippen molar-refractivity contribution in [1.82, 2.24) is 0 Å². The second-order valence-corrected chi connectivity index (χ2v) is 4.08. The predicted molar refractivity (Wildman–Crippen MR) is 60.7 cm³/mol. The zero-order chi connectivity index (χ0) is 13.4. The largest absolute Gasteiger partial charge is 0.504 e. The van der Waals surface area contributed by atoms with Gasteiger partial charge in [0, 0.05) is 12.0 Å². The molecule has 3 N–H and O–H groups in total. The van der Waals surface area contributed by atoms with E-state index >= 15 is 0 Å². The molecule has 1 aromatic rings. The number of fused-ring (bicyclic) bond motifs is 1. The number of hydrogen-bond donors (Lipinski definition) is 3. The molecule has 1 aromatic carbocycles. The number of carbonyl (C=O) groups excluding carboxylic acids is 1. The minimum absolute atomic E-state index is 0.0710. The van der Waals surface area contributed by atoms with Crippen LogP contribution in [-0.2, 0) is 11.2 Å². The third kappa shape index (κ3) is 1.70. The number of hydrogen-bond acceptors (Lipinski definition) is 6. The van der Waals surface area contributed by atoms with Gasteiger partial charge in [0.15, 0.2) is 11.5 Å². The second kappa shape index (κ2) is 4.47. The molecule has 18 heavy (non-hydrogen) atoms. The van der Waals surface area contributed by atoms with Gasteiger partial charge in [-0.2, -0.15) is 0 Å². The van der Waals surface area contributed by atoms with E-state index in [1.165, 1.54) is 20.3 Å². The molecule has 0 aliphatic heterocycles. The number of phenolic OH excluding ortho intramolecular Hbond substituents is 1. The summed E-state index contributed by atoms with van der Waals surface area (Å²) >= 11 is 0. The number of aromatic hydroxyl groups is 1. The lowest BCUT2D eigenvalue weighted by molar-refractivity contribution is 0.0313. The zero-order valence-corrected chi connectivity index (χ0v) is 10.0. The molecule has 2 rings (SSSR count). The molecule has 0 bridgehead atoms. The SMILES string of the molecule is COC(=O)c1cc(O)c(OC)c2c1CC(O)C2O. The summed E-state index contributed by atoms with van der Waals surface area (Å²) in [6, 6.07) is 1.22. The van der Waals surface area contributed by atoms with Gasteiger partial charge in [0.05, 0.1) is 25.9 Å². The highest BCUT2D eigenvalue weighted by molar-refractivity contribution is 5.93. The number of phenols is 1. The van der Waals surface area contributed by atoms with Gasteiger partial charge < -0.3 is 24.8 Å². The van der Waals surface area contributed by atoms with E-state index in [1.807, 2.05) is 0 Å². The maximum atomic E-state index is 11.6. The molecule has 0 fully saturated rings. The Hall–Kier alpha value is -1.79. The number of aliphatic hydroxyl groups excluding tert-OH is 2. The van der Waals surface area contributed by atoms with E-state index in [0.29, 0.717) is 5.56 Å². The van der Waals surface area contributed by atoms with Crippen molar-refractivity contribution in [1.29, 1.82) is 0 Å². The highest BCUT2D eigenvalue weighted by Gasteiger charge is 2.37. The van der Waals surface area contributed by atoms with Crippen LogP contribution in [0.25, 0.3) is 0 Å². The van der Waals surface area contributed by atoms with E-state index in [-0.39, 0.29) is 29.0 Å². The first-order valence-electron chi connectivity index (χ1n) is 5.38. The number of ether oxygens (including phenoxy) is 2. The van der Waals surface area contributed by atoms with Crippen molar-refractivity contribution >= 4 is 5.97 Å². The van der Waals surface area contributed by atoms with Gasteiger partial charge in [-0.15, -0.1) is 0 Å². The summed E-state index contributed by atoms with van der Waals surface area (Å²) in [4.78, 5) is 11.6. The molecule has 98 valence electrons. The normalized spacial score (nSPS) is 21.6. The molecule has 1 aliphatic carbocycles. The Morgan fingerprint density at radius 1 is 1.39 bits per heavy atom. The highest BCUT2D eigenvalue weighted by atomic mass is 16.5. The lowest BCUT2D eigenvalue weighted by atomic mass is 10.0. The summed E-state index contributed by atoms with van der Waals surface area (Å²) in [6.45, 7) is 0. The lowest BCUT2D eigenvalue weighted by Gasteiger charge is -2.15. The van der Waals surface area contributed by atoms with Crippen molar-refractivity contribution in [2.75, 3.05) is 14.2 Å². The van der Waals surface area contributed by atoms with Gasteiger partial charge in [-0.05, 0) is 11.6 Å². The first-order chi connectivity index (χ1) is 8.51. The first-order valence-corrected chi connectivity index (χ1v) is 5.38. The molecule has 6 heteroatoms. The van der Waals surface area contributed by atoms with E-state index in [1.54, 1.807) is 0 Å². The predicted octanol–water partition coefficient (Wildman–Crippen LogP) is 0.138. The van der Waals surface area contributed by atoms with Crippen LogP contribution in [0.3, 0.4) is 0 Å². The smallest absolute Gasteiger partial charge is 0.338 e. The molecule has 0 amide bonds. The third-order valence-electron chi connectivity index (χ3n) is 3.09. The fraction of sp³-hybridized carbons (Fsp3) is 0.417. The second-order valence-electron chi connectivity index (χ2n) is 4.08. The van der Waals surface area contributed by atoms with E-state index in [4.69, 9.17) is 4.74 Å². The molecule has 1 aliphatic rings. The molecular weight excluding hydrogens is 240 g/mol. The number of methoxy groups -OCH3 is 2. The van der Waals surface area contributed by atoms with Crippen LogP contribution in [0, 0.1) is 0 Å². The summed E-state index contributed by atoms with van der Waals surface area (Å²) in [5.74, 6) is -0.836. The maximum absolute atomic E-state index is 11.6. The summed E-state index contributed by atoms with van der Waals surface area (Å²) in [6.07, 6.45) is -2.11. The van der Waals surface area contributed by atoms with Crippen molar-refractivity contribution < 1.29 is 29.6 Å². The summed E-state index contributed by atoms with van der Waals surface area (Å²) in [5, 5.41) is 29.3. The Morgan fingerprint density at radius 3 is 2.61 bits per heavy atom. The van der Waals surface area contributed by atoms with Crippen molar-refractivity contribution in [3.05, 3.63) is 22.8 Å². The fourth-order valence-electron chi connectivity index (χ4n) is 2.26. The average molecular weight is 254 g/mol. The number of benzene rings is 1. The summed E-state index contributed by atoms with van der Waals surface area (Å²) in [7, 11) is 2.56. The van der Waals surface area contributed by atoms with Crippen LogP contribution in [0.1, 0.15) is 27.6 Å². The van der Waals surface area contributed by atoms with Gasteiger partial charge in [-0.3, -0.25) is 0 Å². The molecule has 0 saturated heterocycles. The summed E-state index contributed by atoms with van der Waals surface area (Å²) < 4.78 is 9.61. The Labute approximate surface area is 103 Å². The van der Waals surface area contributed by atoms with Crippen LogP contribution in [0.5, 0.6) is 11.5 Å². The van der Waals surface area contributed by atoms with Crippen molar-refractivity contribution in [2.45, 2.75) is 18.6 Å². The molecule has 0 heterocycles. The number of esters is 1. The molecule has 0 radical (unpaired) electrons. The lowest BCUT2D eigenvalue weighted by Crippen LogP contribution is -2.12. The molecule has 0 spiro atoms. The summed E-state index contributed by atoms with van der Waals surface area (Å²) in [5.41, 5.74) is 0.809. The standard InChI is InChI=1S/C12H14O6/c1-17-11-8(14)4-6(12(16)18-2)5-3-7(13)10(15)9(5)11/h4,7,10,13-15H,3H2,1-2H3. The van der Waals surface area contributed by atoms with Crippen LogP contribution in [0.15, 0.2) is 6.07 Å². The van der Waals surface area contributed by atoms with Crippen LogP contribution < -0.4 is 4.74 Å². The van der Waals surface area contributed by atoms with Crippen LogP contribution in [-0.4, -0.2) is 41.6 Å². The Bertz CT molecular complexity index is 496. The molecule has 6 nitrogen and oxygen atoms in total. The quantitative estimate of drug-likeness (QED) is 0.649. The third-order valence-corrected chi connectivity index (χ3v) is 3.09. The molecular formula is C12H14O6. The van der Waals surface area contributed by atoms with E-state index in [9.17, 15) is 20.1 Å². The minimum Gasteiger partial charge on any atom is -0.504 e. The van der Waals surface area contributed by atoms with Crippen molar-refractivity contribution in [2.24, 2.45) is 0 Å². The van der Waals surface area contributed by atoms with E-state index < -0.39 is 18.2 Å². The number of rotatable bonds is 2. The van der Waals surface area contributed by atoms with Crippen molar-refractivity contribution in [3.8, 4) is 11.5 Å². The van der Waals surface area contributed by atoms with Crippen LogP contribution in [0.2, 0.25) is 0 Å². The van der Waals surface area contributed by atoms with Gasteiger partial charge in [0.25, 0.3) is 0 Å². The fourth-order valence-corrected chi connectivity index (χ4v) is 2.26. The van der Waals surface area contributed by atoms with Gasteiger partial charge in [-0.25, -0.2) is 4.79 Å². The first kappa shape index (κ1) is 12.7. The monoisotopic (exact) mass is 254 g/mol. The number of carbonyl (C=O) groups is 1. The van der Waals surface area contributed by atoms with Crippen molar-refractivity contribution in [3.63, 3.8) is 0 Å². The van der Waals surface area contributed by atoms with Gasteiger partial charge in [-0.1, -0.05) is 0 Å². The Morgan fingerprint density at radius 2 is 2.06 bits per heavy atom. The highest BCUT2D eigenvalue weighted by Crippen LogP contribution is 2.45. The Balaban J connectivity index is 2.68. The number of aliphatic hydroxyl groups is 2. The maximum Gasteiger partial charge on any atom is 0.338 e. The average Bonchev–Trinajstić information content (AvgIpc) is 2.65. The van der Waals surface area contributed by atoms with Gasteiger partial charge >= 0.3 is 5.97 Å². The van der Waals surface area contributed by atoms with Gasteiger partial charge in [0.2, 0.25) is 0 Å². The zero-order valence-electron chi connectivity index (χ0n) is 10.0. The van der Waals surface area contributed by atoms with E-state index in [0.717, 1.165) is 0 Å². The minimum atomic E-state index is -1.19. The Kier molecular flexibility index (Phi) is 3.14. The van der Waals surface area contributed by atoms with Crippen LogP contribution in [0.4, 0.5) is 0 Å². The molecule has 2 unspecified atom stereocenters. The molecule has 0 saturated carbocycles. The topological polar surface area (TPSA) is 96.2 Å². The molecule has 0 aromatic heterocycles. The van der Waals surface area contributed by atoms with Gasteiger partial charge in [0.1, 0.15) is 6.10 Å².